The Morgan fingerprint density at radius 3 is 2.82 bits per heavy atom. The van der Waals surface area contributed by atoms with Gasteiger partial charge in [0.05, 0.1) is 24.0 Å². The molecule has 2 aromatic carbocycles. The molecule has 2 aliphatic rings. The summed E-state index contributed by atoms with van der Waals surface area (Å²) in [5, 5.41) is 0. The van der Waals surface area contributed by atoms with Crippen molar-refractivity contribution >= 4 is 29.1 Å². The number of halogens is 1. The van der Waals surface area contributed by atoms with Gasteiger partial charge >= 0.3 is 6.09 Å². The highest BCUT2D eigenvalue weighted by Crippen LogP contribution is 2.30. The summed E-state index contributed by atoms with van der Waals surface area (Å²) in [5.41, 5.74) is 3.33. The van der Waals surface area contributed by atoms with Crippen LogP contribution >= 0.6 is 11.7 Å². The molecule has 1 saturated heterocycles. The fraction of sp³-hybridized carbons (Fsp3) is 0.292. The van der Waals surface area contributed by atoms with Gasteiger partial charge in [-0.25, -0.2) is 9.18 Å². The number of hydrogen-bond acceptors (Lipinski definition) is 7. The van der Waals surface area contributed by atoms with Gasteiger partial charge in [0.15, 0.2) is 6.10 Å². The SMILES string of the molecule is O=C1O[C@@H](COc2cnsn2)CN1c1ccc(C2=CCN(Cc3ccccc3)CC2)c(F)c1. The minimum absolute atomic E-state index is 0.167. The van der Waals surface area contributed by atoms with Crippen LogP contribution in [0, 0.1) is 5.82 Å². The first-order chi connectivity index (χ1) is 16.2. The number of anilines is 1. The number of carbonyl (C=O) groups excluding carboxylic acids is 1. The molecule has 170 valence electrons. The predicted molar refractivity (Wildman–Crippen MR) is 124 cm³/mol. The second kappa shape index (κ2) is 9.68. The Balaban J connectivity index is 1.21. The van der Waals surface area contributed by atoms with Crippen molar-refractivity contribution in [3.05, 3.63) is 77.7 Å². The molecule has 0 radical (unpaired) electrons. The Labute approximate surface area is 195 Å². The Bertz CT molecular complexity index is 1140. The van der Waals surface area contributed by atoms with E-state index in [2.05, 4.69) is 31.9 Å². The lowest BCUT2D eigenvalue weighted by Crippen LogP contribution is -2.28. The lowest BCUT2D eigenvalue weighted by molar-refractivity contribution is 0.103. The average Bonchev–Trinajstić information content (AvgIpc) is 3.48. The third-order valence-electron chi connectivity index (χ3n) is 5.78. The Morgan fingerprint density at radius 2 is 2.09 bits per heavy atom. The number of hydrogen-bond donors (Lipinski definition) is 0. The zero-order chi connectivity index (χ0) is 22.6. The van der Waals surface area contributed by atoms with E-state index in [1.807, 2.05) is 18.2 Å². The summed E-state index contributed by atoms with van der Waals surface area (Å²) < 4.78 is 33.7. The van der Waals surface area contributed by atoms with Gasteiger partial charge in [-0.1, -0.05) is 36.4 Å². The molecule has 3 heterocycles. The highest BCUT2D eigenvalue weighted by molar-refractivity contribution is 6.99. The Kier molecular flexibility index (Phi) is 6.32. The molecule has 33 heavy (non-hydrogen) atoms. The van der Waals surface area contributed by atoms with Gasteiger partial charge in [-0.05, 0) is 35.8 Å². The van der Waals surface area contributed by atoms with Gasteiger partial charge in [-0.15, -0.1) is 4.37 Å². The summed E-state index contributed by atoms with van der Waals surface area (Å²) in [6, 6.07) is 15.3. The van der Waals surface area contributed by atoms with Crippen molar-refractivity contribution < 1.29 is 18.7 Å². The molecule has 0 N–H and O–H groups in total. The van der Waals surface area contributed by atoms with E-state index in [1.165, 1.54) is 22.7 Å². The van der Waals surface area contributed by atoms with E-state index >= 15 is 4.39 Å². The van der Waals surface area contributed by atoms with E-state index in [0.29, 0.717) is 17.1 Å². The van der Waals surface area contributed by atoms with E-state index in [9.17, 15) is 4.79 Å². The van der Waals surface area contributed by atoms with E-state index in [0.717, 1.165) is 43.4 Å². The topological polar surface area (TPSA) is 67.8 Å². The number of rotatable bonds is 7. The third-order valence-corrected chi connectivity index (χ3v) is 6.25. The molecular formula is C24H23FN4O3S. The monoisotopic (exact) mass is 466 g/mol. The molecule has 1 atom stereocenters. The van der Waals surface area contributed by atoms with Gasteiger partial charge in [0.2, 0.25) is 5.88 Å². The fourth-order valence-corrected chi connectivity index (χ4v) is 4.46. The second-order valence-electron chi connectivity index (χ2n) is 8.04. The molecule has 5 rings (SSSR count). The zero-order valence-corrected chi connectivity index (χ0v) is 18.7. The summed E-state index contributed by atoms with van der Waals surface area (Å²) in [5.74, 6) is 0.0595. The van der Waals surface area contributed by atoms with Crippen molar-refractivity contribution in [2.45, 2.75) is 19.1 Å². The van der Waals surface area contributed by atoms with Gasteiger partial charge in [0, 0.05) is 25.2 Å². The molecule has 0 bridgehead atoms. The summed E-state index contributed by atoms with van der Waals surface area (Å²) >= 11 is 1.04. The first-order valence-electron chi connectivity index (χ1n) is 10.8. The van der Waals surface area contributed by atoms with E-state index in [-0.39, 0.29) is 19.0 Å². The largest absolute Gasteiger partial charge is 0.472 e. The van der Waals surface area contributed by atoms with Crippen molar-refractivity contribution in [3.63, 3.8) is 0 Å². The lowest BCUT2D eigenvalue weighted by Gasteiger charge is -2.27. The highest BCUT2D eigenvalue weighted by Gasteiger charge is 2.33. The molecule has 0 saturated carbocycles. The van der Waals surface area contributed by atoms with Crippen molar-refractivity contribution in [2.75, 3.05) is 31.1 Å². The van der Waals surface area contributed by atoms with Crippen molar-refractivity contribution in [1.29, 1.82) is 0 Å². The average molecular weight is 467 g/mol. The van der Waals surface area contributed by atoms with Crippen LogP contribution < -0.4 is 9.64 Å². The molecule has 0 spiro atoms. The van der Waals surface area contributed by atoms with Crippen molar-refractivity contribution in [1.82, 2.24) is 13.6 Å². The Morgan fingerprint density at radius 1 is 1.21 bits per heavy atom. The number of amides is 1. The maximum Gasteiger partial charge on any atom is 0.414 e. The molecule has 2 aliphatic heterocycles. The first kappa shape index (κ1) is 21.5. The number of ether oxygens (including phenoxy) is 2. The molecular weight excluding hydrogens is 443 g/mol. The van der Waals surface area contributed by atoms with Crippen molar-refractivity contribution in [3.8, 4) is 5.88 Å². The summed E-state index contributed by atoms with van der Waals surface area (Å²) in [4.78, 5) is 16.1. The number of cyclic esters (lactones) is 1. The number of aromatic nitrogens is 2. The van der Waals surface area contributed by atoms with E-state index in [4.69, 9.17) is 9.47 Å². The van der Waals surface area contributed by atoms with E-state index < -0.39 is 12.2 Å². The molecule has 9 heteroatoms. The van der Waals surface area contributed by atoms with Crippen LogP contribution in [0.2, 0.25) is 0 Å². The van der Waals surface area contributed by atoms with Crippen LogP contribution in [0.1, 0.15) is 17.5 Å². The molecule has 0 unspecified atom stereocenters. The molecule has 1 fully saturated rings. The predicted octanol–water partition coefficient (Wildman–Crippen LogP) is 4.37. The van der Waals surface area contributed by atoms with Crippen molar-refractivity contribution in [2.24, 2.45) is 0 Å². The maximum atomic E-state index is 15.0. The Hall–Kier alpha value is -3.30. The summed E-state index contributed by atoms with van der Waals surface area (Å²) in [7, 11) is 0. The molecule has 3 aromatic rings. The van der Waals surface area contributed by atoms with Crippen LogP contribution in [0.3, 0.4) is 0 Å². The second-order valence-corrected chi connectivity index (χ2v) is 8.59. The van der Waals surface area contributed by atoms with Crippen LogP contribution in [0.5, 0.6) is 5.88 Å². The lowest BCUT2D eigenvalue weighted by atomic mass is 9.98. The number of carbonyl (C=O) groups is 1. The number of benzene rings is 2. The van der Waals surface area contributed by atoms with Gasteiger partial charge in [-0.3, -0.25) is 9.80 Å². The van der Waals surface area contributed by atoms with Crippen LogP contribution in [0.25, 0.3) is 5.57 Å². The molecule has 1 amide bonds. The minimum Gasteiger partial charge on any atom is -0.472 e. The molecule has 0 aliphatic carbocycles. The van der Waals surface area contributed by atoms with Gasteiger partial charge in [-0.2, -0.15) is 4.37 Å². The van der Waals surface area contributed by atoms with Crippen LogP contribution in [0.4, 0.5) is 14.9 Å². The smallest absolute Gasteiger partial charge is 0.414 e. The van der Waals surface area contributed by atoms with Gasteiger partial charge in [0.1, 0.15) is 18.6 Å². The quantitative estimate of drug-likeness (QED) is 0.515. The first-order valence-corrected chi connectivity index (χ1v) is 11.5. The summed E-state index contributed by atoms with van der Waals surface area (Å²) in [6.07, 6.45) is 3.41. The fourth-order valence-electron chi connectivity index (χ4n) is 4.09. The third kappa shape index (κ3) is 5.04. The van der Waals surface area contributed by atoms with E-state index in [1.54, 1.807) is 12.1 Å². The molecule has 1 aromatic heterocycles. The van der Waals surface area contributed by atoms with Gasteiger partial charge in [0.25, 0.3) is 0 Å². The van der Waals surface area contributed by atoms with Crippen LogP contribution in [-0.2, 0) is 11.3 Å². The molecule has 7 nitrogen and oxygen atoms in total. The summed E-state index contributed by atoms with van der Waals surface area (Å²) in [6.45, 7) is 2.98. The highest BCUT2D eigenvalue weighted by atomic mass is 32.1. The maximum absolute atomic E-state index is 15.0. The number of nitrogens with zero attached hydrogens (tertiary/aromatic N) is 4. The van der Waals surface area contributed by atoms with Crippen LogP contribution in [-0.4, -0.2) is 52.1 Å². The minimum atomic E-state index is -0.513. The standard InChI is InChI=1S/C24H23FN4O3S/c25-22-12-19(29-15-20(32-24(29)30)16-31-23-13-26-33-27-23)6-7-21(22)18-8-10-28(11-9-18)14-17-4-2-1-3-5-17/h1-8,12-13,20H,9-11,14-16H2/t20-/m1/s1. The zero-order valence-electron chi connectivity index (χ0n) is 17.9. The van der Waals surface area contributed by atoms with Gasteiger partial charge < -0.3 is 9.47 Å². The normalized spacial score (nSPS) is 18.8. The van der Waals surface area contributed by atoms with Crippen LogP contribution in [0.15, 0.2) is 60.8 Å².